The highest BCUT2D eigenvalue weighted by molar-refractivity contribution is 7.99. The minimum absolute atomic E-state index is 0.104. The second-order valence-electron chi connectivity index (χ2n) is 4.35. The molecule has 0 saturated heterocycles. The van der Waals surface area contributed by atoms with Crippen molar-refractivity contribution in [3.63, 3.8) is 0 Å². The zero-order chi connectivity index (χ0) is 15.4. The van der Waals surface area contributed by atoms with Crippen molar-refractivity contribution in [2.24, 2.45) is 0 Å². The molecule has 0 aromatic heterocycles. The van der Waals surface area contributed by atoms with Crippen LogP contribution in [0.15, 0.2) is 47.4 Å². The van der Waals surface area contributed by atoms with Crippen molar-refractivity contribution >= 4 is 29.1 Å². The maximum atomic E-state index is 12.5. The van der Waals surface area contributed by atoms with E-state index in [2.05, 4.69) is 5.32 Å². The molecular formula is C15H13F2NO2S. The van der Waals surface area contributed by atoms with E-state index >= 15 is 0 Å². The van der Waals surface area contributed by atoms with Crippen LogP contribution in [0.3, 0.4) is 0 Å². The van der Waals surface area contributed by atoms with Crippen molar-refractivity contribution in [1.29, 1.82) is 0 Å². The van der Waals surface area contributed by atoms with Crippen LogP contribution in [-0.2, 0) is 0 Å². The number of carbonyl (C=O) groups is 1. The predicted octanol–water partition coefficient (Wildman–Crippen LogP) is 4.75. The van der Waals surface area contributed by atoms with Gasteiger partial charge in [-0.3, -0.25) is 0 Å². The number of para-hydroxylation sites is 1. The van der Waals surface area contributed by atoms with E-state index in [-0.39, 0.29) is 5.56 Å². The summed E-state index contributed by atoms with van der Waals surface area (Å²) < 4.78 is 25.1. The van der Waals surface area contributed by atoms with Crippen molar-refractivity contribution < 1.29 is 18.7 Å². The Kier molecular flexibility index (Phi) is 4.80. The molecule has 0 aliphatic heterocycles. The Morgan fingerprint density at radius 1 is 1.19 bits per heavy atom. The van der Waals surface area contributed by atoms with Crippen LogP contribution in [0.4, 0.5) is 20.2 Å². The van der Waals surface area contributed by atoms with E-state index in [4.69, 9.17) is 0 Å². The third kappa shape index (κ3) is 3.95. The van der Waals surface area contributed by atoms with Crippen molar-refractivity contribution in [2.75, 3.05) is 5.32 Å². The van der Waals surface area contributed by atoms with E-state index in [1.165, 1.54) is 6.07 Å². The monoisotopic (exact) mass is 309 g/mol. The van der Waals surface area contributed by atoms with Gasteiger partial charge in [-0.15, -0.1) is 0 Å². The number of anilines is 2. The first-order chi connectivity index (χ1) is 9.97. The maximum absolute atomic E-state index is 12.5. The summed E-state index contributed by atoms with van der Waals surface area (Å²) in [7, 11) is 0. The summed E-state index contributed by atoms with van der Waals surface area (Å²) >= 11 is 0.418. The number of thioether (sulfide) groups is 1. The van der Waals surface area contributed by atoms with Crippen LogP contribution in [0.5, 0.6) is 0 Å². The molecule has 0 amide bonds. The zero-order valence-electron chi connectivity index (χ0n) is 11.1. The predicted molar refractivity (Wildman–Crippen MR) is 79.7 cm³/mol. The highest BCUT2D eigenvalue weighted by Gasteiger charge is 2.13. The van der Waals surface area contributed by atoms with Gasteiger partial charge in [-0.25, -0.2) is 4.79 Å². The Morgan fingerprint density at radius 3 is 2.57 bits per heavy atom. The molecule has 0 aliphatic rings. The number of carboxylic acids is 1. The van der Waals surface area contributed by atoms with Crippen LogP contribution in [0, 0.1) is 6.92 Å². The Hall–Kier alpha value is -2.08. The molecule has 0 spiro atoms. The Bertz CT molecular complexity index is 662. The van der Waals surface area contributed by atoms with Crippen molar-refractivity contribution in [3.05, 3.63) is 53.6 Å². The number of benzene rings is 2. The van der Waals surface area contributed by atoms with Crippen LogP contribution in [0.1, 0.15) is 15.9 Å². The van der Waals surface area contributed by atoms with Gasteiger partial charge in [0.1, 0.15) is 0 Å². The summed E-state index contributed by atoms with van der Waals surface area (Å²) in [5.74, 6) is -3.61. The zero-order valence-corrected chi connectivity index (χ0v) is 12.0. The average molecular weight is 309 g/mol. The lowest BCUT2D eigenvalue weighted by atomic mass is 10.1. The number of hydrogen-bond acceptors (Lipinski definition) is 3. The molecule has 0 aliphatic carbocycles. The molecule has 2 N–H and O–H groups in total. The molecule has 110 valence electrons. The number of aryl methyl sites for hydroxylation is 1. The van der Waals surface area contributed by atoms with Crippen LogP contribution in [-0.4, -0.2) is 16.8 Å². The van der Waals surface area contributed by atoms with Crippen LogP contribution < -0.4 is 5.32 Å². The first kappa shape index (κ1) is 15.3. The molecule has 0 saturated carbocycles. The fourth-order valence-corrected chi connectivity index (χ4v) is 2.45. The number of nitrogens with one attached hydrogen (secondary N) is 1. The normalized spacial score (nSPS) is 10.7. The van der Waals surface area contributed by atoms with Gasteiger partial charge in [0, 0.05) is 4.90 Å². The van der Waals surface area contributed by atoms with Gasteiger partial charge in [0.05, 0.1) is 16.9 Å². The number of rotatable bonds is 5. The highest BCUT2D eigenvalue weighted by Crippen LogP contribution is 2.34. The lowest BCUT2D eigenvalue weighted by molar-refractivity contribution is 0.0698. The number of alkyl halides is 2. The Balaban J connectivity index is 2.37. The van der Waals surface area contributed by atoms with E-state index in [1.54, 1.807) is 43.3 Å². The number of carboxylic acid groups (broad SMARTS) is 1. The fourth-order valence-electron chi connectivity index (χ4n) is 1.86. The van der Waals surface area contributed by atoms with Crippen LogP contribution >= 0.6 is 11.8 Å². The molecule has 3 nitrogen and oxygen atoms in total. The third-order valence-corrected chi connectivity index (χ3v) is 3.57. The summed E-state index contributed by atoms with van der Waals surface area (Å²) in [4.78, 5) is 11.6. The molecule has 0 fully saturated rings. The molecular weight excluding hydrogens is 296 g/mol. The molecule has 0 bridgehead atoms. The minimum atomic E-state index is -2.54. The van der Waals surface area contributed by atoms with Crippen molar-refractivity contribution in [1.82, 2.24) is 0 Å². The van der Waals surface area contributed by atoms with Crippen LogP contribution in [0.25, 0.3) is 0 Å². The van der Waals surface area contributed by atoms with E-state index in [1.807, 2.05) is 0 Å². The topological polar surface area (TPSA) is 49.3 Å². The van der Waals surface area contributed by atoms with Gasteiger partial charge in [-0.1, -0.05) is 35.5 Å². The first-order valence-electron chi connectivity index (χ1n) is 6.12. The summed E-state index contributed by atoms with van der Waals surface area (Å²) in [5, 5.41) is 12.1. The highest BCUT2D eigenvalue weighted by atomic mass is 32.2. The molecule has 6 heteroatoms. The van der Waals surface area contributed by atoms with Crippen molar-refractivity contribution in [3.8, 4) is 0 Å². The smallest absolute Gasteiger partial charge is 0.337 e. The summed E-state index contributed by atoms with van der Waals surface area (Å²) in [6.07, 6.45) is 0. The SMILES string of the molecule is Cc1ccc(Nc2ccccc2SC(F)F)c(C(=O)O)c1. The number of hydrogen-bond donors (Lipinski definition) is 2. The van der Waals surface area contributed by atoms with E-state index < -0.39 is 11.7 Å². The van der Waals surface area contributed by atoms with Gasteiger partial charge in [0.15, 0.2) is 0 Å². The largest absolute Gasteiger partial charge is 0.478 e. The second kappa shape index (κ2) is 6.58. The quantitative estimate of drug-likeness (QED) is 0.782. The Labute approximate surface area is 125 Å². The standard InChI is InChI=1S/C15H13F2NO2S/c1-9-6-7-11(10(8-9)14(19)20)18-12-4-2-3-5-13(12)21-15(16)17/h2-8,15,18H,1H3,(H,19,20). The maximum Gasteiger partial charge on any atom is 0.337 e. The third-order valence-electron chi connectivity index (χ3n) is 2.78. The Morgan fingerprint density at radius 2 is 1.90 bits per heavy atom. The first-order valence-corrected chi connectivity index (χ1v) is 7.00. The van der Waals surface area contributed by atoms with Crippen molar-refractivity contribution in [2.45, 2.75) is 17.6 Å². The molecule has 21 heavy (non-hydrogen) atoms. The number of halogens is 2. The molecule has 0 unspecified atom stereocenters. The van der Waals surface area contributed by atoms with E-state index in [0.717, 1.165) is 5.56 Å². The molecule has 2 aromatic rings. The second-order valence-corrected chi connectivity index (χ2v) is 5.39. The van der Waals surface area contributed by atoms with Gasteiger partial charge in [0.2, 0.25) is 0 Å². The summed E-state index contributed by atoms with van der Waals surface area (Å²) in [5.41, 5.74) is 1.74. The molecule has 2 rings (SSSR count). The van der Waals surface area contributed by atoms with Gasteiger partial charge in [-0.2, -0.15) is 8.78 Å². The van der Waals surface area contributed by atoms with E-state index in [9.17, 15) is 18.7 Å². The lowest BCUT2D eigenvalue weighted by Gasteiger charge is -2.13. The number of aromatic carboxylic acids is 1. The lowest BCUT2D eigenvalue weighted by Crippen LogP contribution is -2.04. The minimum Gasteiger partial charge on any atom is -0.478 e. The fraction of sp³-hybridized carbons (Fsp3) is 0.133. The van der Waals surface area contributed by atoms with Gasteiger partial charge < -0.3 is 10.4 Å². The molecule has 0 atom stereocenters. The van der Waals surface area contributed by atoms with Crippen LogP contribution in [0.2, 0.25) is 0 Å². The van der Waals surface area contributed by atoms with Gasteiger partial charge in [-0.05, 0) is 31.2 Å². The molecule has 2 aromatic carbocycles. The van der Waals surface area contributed by atoms with E-state index in [0.29, 0.717) is 28.0 Å². The average Bonchev–Trinajstić information content (AvgIpc) is 2.42. The molecule has 0 heterocycles. The summed E-state index contributed by atoms with van der Waals surface area (Å²) in [6, 6.07) is 11.5. The van der Waals surface area contributed by atoms with Gasteiger partial charge in [0.25, 0.3) is 5.76 Å². The van der Waals surface area contributed by atoms with Gasteiger partial charge >= 0.3 is 5.97 Å². The molecule has 0 radical (unpaired) electrons. The summed E-state index contributed by atoms with van der Waals surface area (Å²) in [6.45, 7) is 1.79.